The molecule has 0 unspecified atom stereocenters. The minimum Gasteiger partial charge on any atom is -0.496 e. The Kier molecular flexibility index (Phi) is 4.95. The van der Waals surface area contributed by atoms with Crippen molar-refractivity contribution in [2.75, 3.05) is 24.7 Å². The Morgan fingerprint density at radius 1 is 1.35 bits per heavy atom. The van der Waals surface area contributed by atoms with Crippen molar-refractivity contribution in [3.8, 4) is 5.75 Å². The molecule has 1 aromatic carbocycles. The van der Waals surface area contributed by atoms with E-state index >= 15 is 0 Å². The normalized spacial score (nSPS) is 11.1. The molecule has 1 N–H and O–H groups in total. The van der Waals surface area contributed by atoms with Gasteiger partial charge in [0, 0.05) is 7.05 Å². The van der Waals surface area contributed by atoms with Gasteiger partial charge in [-0.05, 0) is 30.3 Å². The molecule has 23 heavy (non-hydrogen) atoms. The van der Waals surface area contributed by atoms with Crippen molar-refractivity contribution in [1.82, 2.24) is 5.32 Å². The lowest BCUT2D eigenvalue weighted by molar-refractivity contribution is 0.0945. The summed E-state index contributed by atoms with van der Waals surface area (Å²) < 4.78 is 34.7. The van der Waals surface area contributed by atoms with Gasteiger partial charge in [0.2, 0.25) is 10.0 Å². The lowest BCUT2D eigenvalue weighted by atomic mass is 10.1. The molecule has 0 aliphatic carbocycles. The molecule has 124 valence electrons. The molecule has 0 aliphatic rings. The summed E-state index contributed by atoms with van der Waals surface area (Å²) in [6, 6.07) is 8.06. The summed E-state index contributed by atoms with van der Waals surface area (Å²) in [5.41, 5.74) is 0.614. The number of carbonyl (C=O) groups is 1. The van der Waals surface area contributed by atoms with Gasteiger partial charge in [-0.2, -0.15) is 0 Å². The number of ether oxygens (including phenoxy) is 1. The molecule has 1 amide bonds. The molecule has 0 saturated carbocycles. The fraction of sp³-hybridized carbons (Fsp3) is 0.267. The molecule has 0 radical (unpaired) electrons. The lowest BCUT2D eigenvalue weighted by Crippen LogP contribution is -2.26. The molecule has 1 heterocycles. The third kappa shape index (κ3) is 4.04. The molecular formula is C15H18N2O5S. The van der Waals surface area contributed by atoms with Crippen molar-refractivity contribution in [2.24, 2.45) is 0 Å². The number of nitrogens with zero attached hydrogens (tertiary/aromatic N) is 1. The average molecular weight is 338 g/mol. The van der Waals surface area contributed by atoms with E-state index in [9.17, 15) is 13.2 Å². The van der Waals surface area contributed by atoms with Crippen LogP contribution in [0.15, 0.2) is 41.0 Å². The van der Waals surface area contributed by atoms with E-state index < -0.39 is 10.0 Å². The monoisotopic (exact) mass is 338 g/mol. The molecule has 1 aromatic heterocycles. The van der Waals surface area contributed by atoms with Crippen LogP contribution >= 0.6 is 0 Å². The largest absolute Gasteiger partial charge is 0.496 e. The van der Waals surface area contributed by atoms with Crippen molar-refractivity contribution in [3.05, 3.63) is 47.9 Å². The number of hydrogen-bond donors (Lipinski definition) is 1. The van der Waals surface area contributed by atoms with Crippen LogP contribution in [0.4, 0.5) is 5.69 Å². The molecule has 0 atom stereocenters. The predicted octanol–water partition coefficient (Wildman–Crippen LogP) is 1.61. The number of nitrogens with one attached hydrogen (secondary N) is 1. The first kappa shape index (κ1) is 16.9. The van der Waals surface area contributed by atoms with E-state index in [-0.39, 0.29) is 18.0 Å². The molecular weight excluding hydrogens is 320 g/mol. The first-order valence-corrected chi connectivity index (χ1v) is 8.60. The van der Waals surface area contributed by atoms with E-state index in [4.69, 9.17) is 9.15 Å². The zero-order valence-electron chi connectivity index (χ0n) is 13.1. The average Bonchev–Trinajstić information content (AvgIpc) is 3.03. The summed E-state index contributed by atoms with van der Waals surface area (Å²) >= 11 is 0. The number of furan rings is 1. The van der Waals surface area contributed by atoms with Gasteiger partial charge in [0.15, 0.2) is 0 Å². The molecule has 0 bridgehead atoms. The number of sulfonamides is 1. The van der Waals surface area contributed by atoms with Crippen LogP contribution in [0.2, 0.25) is 0 Å². The highest BCUT2D eigenvalue weighted by molar-refractivity contribution is 7.92. The molecule has 7 nitrogen and oxygen atoms in total. The topological polar surface area (TPSA) is 88.8 Å². The predicted molar refractivity (Wildman–Crippen MR) is 86.1 cm³/mol. The van der Waals surface area contributed by atoms with Crippen molar-refractivity contribution < 1.29 is 22.4 Å². The number of hydrogen-bond acceptors (Lipinski definition) is 5. The van der Waals surface area contributed by atoms with Gasteiger partial charge >= 0.3 is 0 Å². The van der Waals surface area contributed by atoms with Crippen LogP contribution in [0.1, 0.15) is 16.1 Å². The zero-order chi connectivity index (χ0) is 17.0. The van der Waals surface area contributed by atoms with E-state index in [1.807, 2.05) is 0 Å². The fourth-order valence-corrected chi connectivity index (χ4v) is 2.43. The van der Waals surface area contributed by atoms with E-state index in [1.54, 1.807) is 24.3 Å². The minimum absolute atomic E-state index is 0.223. The summed E-state index contributed by atoms with van der Waals surface area (Å²) in [5.74, 6) is 0.580. The fourth-order valence-electron chi connectivity index (χ4n) is 1.94. The smallest absolute Gasteiger partial charge is 0.255 e. The van der Waals surface area contributed by atoms with Gasteiger partial charge in [0.25, 0.3) is 5.91 Å². The zero-order valence-corrected chi connectivity index (χ0v) is 13.9. The van der Waals surface area contributed by atoms with E-state index in [0.29, 0.717) is 17.2 Å². The number of amides is 1. The van der Waals surface area contributed by atoms with Crippen LogP contribution in [-0.2, 0) is 16.6 Å². The van der Waals surface area contributed by atoms with Crippen LogP contribution < -0.4 is 14.4 Å². The third-order valence-corrected chi connectivity index (χ3v) is 4.50. The molecule has 2 rings (SSSR count). The Morgan fingerprint density at radius 2 is 2.09 bits per heavy atom. The van der Waals surface area contributed by atoms with Crippen molar-refractivity contribution >= 4 is 21.6 Å². The van der Waals surface area contributed by atoms with Gasteiger partial charge in [-0.25, -0.2) is 8.42 Å². The second-order valence-electron chi connectivity index (χ2n) is 4.88. The van der Waals surface area contributed by atoms with E-state index in [0.717, 1.165) is 10.6 Å². The van der Waals surface area contributed by atoms with E-state index in [2.05, 4.69) is 5.32 Å². The standard InChI is InChI=1S/C15H18N2O5S/c1-17(23(3,19)20)11-6-7-14(21-2)13(9-11)15(18)16-10-12-5-4-8-22-12/h4-9H,10H2,1-3H3,(H,16,18). The Hall–Kier alpha value is -2.48. The highest BCUT2D eigenvalue weighted by Gasteiger charge is 2.18. The summed E-state index contributed by atoms with van der Waals surface area (Å²) in [7, 11) is -0.558. The van der Waals surface area contributed by atoms with Gasteiger partial charge in [-0.3, -0.25) is 9.10 Å². The number of rotatable bonds is 6. The summed E-state index contributed by atoms with van der Waals surface area (Å²) in [6.45, 7) is 0.223. The maximum absolute atomic E-state index is 12.3. The van der Waals surface area contributed by atoms with Crippen molar-refractivity contribution in [3.63, 3.8) is 0 Å². The quantitative estimate of drug-likeness (QED) is 0.864. The molecule has 0 aliphatic heterocycles. The van der Waals surface area contributed by atoms with E-state index in [1.165, 1.54) is 26.5 Å². The summed E-state index contributed by atoms with van der Waals surface area (Å²) in [6.07, 6.45) is 2.61. The Balaban J connectivity index is 2.26. The van der Waals surface area contributed by atoms with Gasteiger partial charge in [0.05, 0.1) is 37.4 Å². The molecule has 0 saturated heterocycles. The number of anilines is 1. The maximum atomic E-state index is 12.3. The number of carbonyl (C=O) groups excluding carboxylic acids is 1. The van der Waals surface area contributed by atoms with Crippen molar-refractivity contribution in [1.29, 1.82) is 0 Å². The summed E-state index contributed by atoms with van der Waals surface area (Å²) in [4.78, 5) is 12.3. The Morgan fingerprint density at radius 3 is 2.65 bits per heavy atom. The lowest BCUT2D eigenvalue weighted by Gasteiger charge is -2.18. The third-order valence-electron chi connectivity index (χ3n) is 3.29. The highest BCUT2D eigenvalue weighted by Crippen LogP contribution is 2.25. The molecule has 0 fully saturated rings. The second kappa shape index (κ2) is 6.74. The van der Waals surface area contributed by atoms with Gasteiger partial charge in [0.1, 0.15) is 11.5 Å². The SMILES string of the molecule is COc1ccc(N(C)S(C)(=O)=O)cc1C(=O)NCc1ccco1. The summed E-state index contributed by atoms with van der Waals surface area (Å²) in [5, 5.41) is 2.70. The van der Waals surface area contributed by atoms with Gasteiger partial charge in [-0.1, -0.05) is 0 Å². The van der Waals surface area contributed by atoms with Crippen LogP contribution in [0.3, 0.4) is 0 Å². The molecule has 0 spiro atoms. The minimum atomic E-state index is -3.42. The Labute approximate surface area is 134 Å². The highest BCUT2D eigenvalue weighted by atomic mass is 32.2. The number of benzene rings is 1. The maximum Gasteiger partial charge on any atom is 0.255 e. The van der Waals surface area contributed by atoms with Crippen LogP contribution in [0, 0.1) is 0 Å². The molecule has 8 heteroatoms. The van der Waals surface area contributed by atoms with Gasteiger partial charge in [-0.15, -0.1) is 0 Å². The van der Waals surface area contributed by atoms with Crippen LogP contribution in [0.25, 0.3) is 0 Å². The van der Waals surface area contributed by atoms with Crippen LogP contribution in [0.5, 0.6) is 5.75 Å². The second-order valence-corrected chi connectivity index (χ2v) is 6.89. The van der Waals surface area contributed by atoms with Gasteiger partial charge < -0.3 is 14.5 Å². The number of methoxy groups -OCH3 is 1. The van der Waals surface area contributed by atoms with Crippen LogP contribution in [-0.4, -0.2) is 34.7 Å². The van der Waals surface area contributed by atoms with Crippen molar-refractivity contribution in [2.45, 2.75) is 6.54 Å². The first-order chi connectivity index (χ1) is 10.8. The Bertz CT molecular complexity index is 784. The molecule has 2 aromatic rings. The first-order valence-electron chi connectivity index (χ1n) is 6.75.